The fraction of sp³-hybridized carbons (Fsp3) is 0. The minimum Gasteiger partial charge on any atom is -0.319 e. The van der Waals surface area contributed by atoms with Gasteiger partial charge in [-0.3, -0.25) is 9.89 Å². The molecular formula is C8H6ClN3OS. The average molecular weight is 228 g/mol. The molecule has 14 heavy (non-hydrogen) atoms. The van der Waals surface area contributed by atoms with Gasteiger partial charge in [0.05, 0.1) is 21.1 Å². The van der Waals surface area contributed by atoms with E-state index in [0.717, 1.165) is 0 Å². The molecule has 0 aliphatic heterocycles. The highest BCUT2D eigenvalue weighted by Gasteiger charge is 2.08. The molecule has 0 aliphatic carbocycles. The number of hydrogen-bond donors (Lipinski definition) is 2. The number of halogens is 1. The van der Waals surface area contributed by atoms with Crippen molar-refractivity contribution in [1.82, 2.24) is 10.2 Å². The van der Waals surface area contributed by atoms with Crippen molar-refractivity contribution in [2.45, 2.75) is 0 Å². The molecule has 72 valence electrons. The summed E-state index contributed by atoms with van der Waals surface area (Å²) >= 11 is 6.95. The van der Waals surface area contributed by atoms with Crippen molar-refractivity contribution in [3.05, 3.63) is 33.7 Å². The first-order valence-electron chi connectivity index (χ1n) is 3.81. The van der Waals surface area contributed by atoms with Crippen LogP contribution in [0.4, 0.5) is 5.69 Å². The van der Waals surface area contributed by atoms with Gasteiger partial charge in [0.2, 0.25) is 0 Å². The van der Waals surface area contributed by atoms with Gasteiger partial charge in [-0.15, -0.1) is 11.3 Å². The Labute approximate surface area is 88.9 Å². The van der Waals surface area contributed by atoms with Gasteiger partial charge in [-0.25, -0.2) is 0 Å². The second kappa shape index (κ2) is 3.81. The second-order valence-corrected chi connectivity index (χ2v) is 4.26. The predicted octanol–water partition coefficient (Wildman–Crippen LogP) is 2.38. The van der Waals surface area contributed by atoms with E-state index in [9.17, 15) is 4.79 Å². The first-order chi connectivity index (χ1) is 6.75. The molecule has 0 unspecified atom stereocenters. The topological polar surface area (TPSA) is 57.8 Å². The smallest absolute Gasteiger partial charge is 0.265 e. The minimum atomic E-state index is -0.177. The van der Waals surface area contributed by atoms with Crippen LogP contribution in [0, 0.1) is 0 Å². The van der Waals surface area contributed by atoms with Crippen molar-refractivity contribution in [2.75, 3.05) is 5.32 Å². The van der Waals surface area contributed by atoms with Gasteiger partial charge < -0.3 is 5.32 Å². The molecule has 0 radical (unpaired) electrons. The predicted molar refractivity (Wildman–Crippen MR) is 55.9 cm³/mol. The van der Waals surface area contributed by atoms with E-state index in [1.54, 1.807) is 18.3 Å². The maximum absolute atomic E-state index is 11.5. The Morgan fingerprint density at radius 1 is 1.57 bits per heavy atom. The highest BCUT2D eigenvalue weighted by Crippen LogP contribution is 2.22. The number of nitrogens with zero attached hydrogens (tertiary/aromatic N) is 1. The molecule has 2 rings (SSSR count). The van der Waals surface area contributed by atoms with Crippen LogP contribution in [0.15, 0.2) is 24.5 Å². The summed E-state index contributed by atoms with van der Waals surface area (Å²) in [5.74, 6) is -0.177. The van der Waals surface area contributed by atoms with Crippen LogP contribution in [0.25, 0.3) is 0 Å². The Morgan fingerprint density at radius 3 is 3.00 bits per heavy atom. The summed E-state index contributed by atoms with van der Waals surface area (Å²) in [5, 5.41) is 8.99. The number of rotatable bonds is 2. The molecule has 0 saturated heterocycles. The molecule has 0 saturated carbocycles. The van der Waals surface area contributed by atoms with Gasteiger partial charge >= 0.3 is 0 Å². The first kappa shape index (κ1) is 9.23. The summed E-state index contributed by atoms with van der Waals surface area (Å²) in [7, 11) is 0. The fourth-order valence-corrected chi connectivity index (χ4v) is 1.89. The molecule has 0 spiro atoms. The number of carbonyl (C=O) groups excluding carboxylic acids is 1. The van der Waals surface area contributed by atoms with E-state index < -0.39 is 0 Å². The molecule has 6 heteroatoms. The van der Waals surface area contributed by atoms with Crippen LogP contribution in [-0.4, -0.2) is 16.1 Å². The van der Waals surface area contributed by atoms with Crippen LogP contribution in [0.2, 0.25) is 4.34 Å². The van der Waals surface area contributed by atoms with Crippen LogP contribution in [0.5, 0.6) is 0 Å². The number of aromatic nitrogens is 2. The molecule has 0 bridgehead atoms. The third kappa shape index (κ3) is 1.94. The van der Waals surface area contributed by atoms with Gasteiger partial charge in [-0.2, -0.15) is 5.10 Å². The number of carbonyl (C=O) groups is 1. The highest BCUT2D eigenvalue weighted by atomic mass is 35.5. The van der Waals surface area contributed by atoms with Crippen LogP contribution in [0.1, 0.15) is 9.67 Å². The monoisotopic (exact) mass is 227 g/mol. The zero-order valence-electron chi connectivity index (χ0n) is 6.95. The summed E-state index contributed by atoms with van der Waals surface area (Å²) in [5.41, 5.74) is 0.638. The SMILES string of the molecule is O=C(Nc1cn[nH]c1)c1ccc(Cl)s1. The van der Waals surface area contributed by atoms with Crippen molar-refractivity contribution >= 4 is 34.5 Å². The highest BCUT2D eigenvalue weighted by molar-refractivity contribution is 7.18. The molecule has 0 atom stereocenters. The average Bonchev–Trinajstić information content (AvgIpc) is 2.75. The van der Waals surface area contributed by atoms with Gasteiger partial charge in [-0.1, -0.05) is 11.6 Å². The summed E-state index contributed by atoms with van der Waals surface area (Å²) < 4.78 is 0.599. The summed E-state index contributed by atoms with van der Waals surface area (Å²) in [6.07, 6.45) is 3.14. The van der Waals surface area contributed by atoms with E-state index in [-0.39, 0.29) is 5.91 Å². The van der Waals surface area contributed by atoms with E-state index in [1.807, 2.05) is 0 Å². The van der Waals surface area contributed by atoms with Crippen molar-refractivity contribution < 1.29 is 4.79 Å². The van der Waals surface area contributed by atoms with E-state index in [1.165, 1.54) is 17.5 Å². The van der Waals surface area contributed by atoms with Crippen molar-refractivity contribution in [3.63, 3.8) is 0 Å². The van der Waals surface area contributed by atoms with Gasteiger partial charge in [-0.05, 0) is 12.1 Å². The fourth-order valence-electron chi connectivity index (χ4n) is 0.948. The van der Waals surface area contributed by atoms with Crippen molar-refractivity contribution in [3.8, 4) is 0 Å². The lowest BCUT2D eigenvalue weighted by atomic mass is 10.4. The number of aromatic amines is 1. The summed E-state index contributed by atoms with van der Waals surface area (Å²) in [4.78, 5) is 12.1. The number of thiophene rings is 1. The van der Waals surface area contributed by atoms with E-state index in [4.69, 9.17) is 11.6 Å². The Bertz CT molecular complexity index is 437. The second-order valence-electron chi connectivity index (χ2n) is 2.54. The molecule has 2 heterocycles. The number of nitrogens with one attached hydrogen (secondary N) is 2. The maximum atomic E-state index is 11.5. The molecule has 1 amide bonds. The van der Waals surface area contributed by atoms with Crippen LogP contribution >= 0.6 is 22.9 Å². The minimum absolute atomic E-state index is 0.177. The standard InChI is InChI=1S/C8H6ClN3OS/c9-7-2-1-6(14-7)8(13)12-5-3-10-11-4-5/h1-4H,(H,10,11)(H,12,13). The van der Waals surface area contributed by atoms with Crippen LogP contribution in [-0.2, 0) is 0 Å². The van der Waals surface area contributed by atoms with Crippen molar-refractivity contribution in [2.24, 2.45) is 0 Å². The van der Waals surface area contributed by atoms with Crippen LogP contribution < -0.4 is 5.32 Å². The Hall–Kier alpha value is -1.33. The normalized spacial score (nSPS) is 10.1. The Morgan fingerprint density at radius 2 is 2.43 bits per heavy atom. The third-order valence-corrected chi connectivity index (χ3v) is 2.78. The van der Waals surface area contributed by atoms with Gasteiger partial charge in [0.15, 0.2) is 0 Å². The Balaban J connectivity index is 2.10. The molecular weight excluding hydrogens is 222 g/mol. The van der Waals surface area contributed by atoms with Gasteiger partial charge in [0, 0.05) is 6.20 Å². The number of hydrogen-bond acceptors (Lipinski definition) is 3. The Kier molecular flexibility index (Phi) is 2.51. The first-order valence-corrected chi connectivity index (χ1v) is 5.00. The third-order valence-electron chi connectivity index (χ3n) is 1.55. The molecule has 4 nitrogen and oxygen atoms in total. The van der Waals surface area contributed by atoms with E-state index >= 15 is 0 Å². The van der Waals surface area contributed by atoms with Crippen LogP contribution in [0.3, 0.4) is 0 Å². The number of H-pyrrole nitrogens is 1. The van der Waals surface area contributed by atoms with Crippen molar-refractivity contribution in [1.29, 1.82) is 0 Å². The molecule has 2 aromatic rings. The molecule has 2 aromatic heterocycles. The molecule has 0 fully saturated rings. The summed E-state index contributed by atoms with van der Waals surface area (Å²) in [6, 6.07) is 3.37. The zero-order valence-corrected chi connectivity index (χ0v) is 8.52. The maximum Gasteiger partial charge on any atom is 0.265 e. The molecule has 0 aromatic carbocycles. The molecule has 2 N–H and O–H groups in total. The summed E-state index contributed by atoms with van der Waals surface area (Å²) in [6.45, 7) is 0. The quantitative estimate of drug-likeness (QED) is 0.828. The lowest BCUT2D eigenvalue weighted by Gasteiger charge is -1.97. The zero-order chi connectivity index (χ0) is 9.97. The van der Waals surface area contributed by atoms with Gasteiger partial charge in [0.25, 0.3) is 5.91 Å². The van der Waals surface area contributed by atoms with E-state index in [2.05, 4.69) is 15.5 Å². The largest absolute Gasteiger partial charge is 0.319 e. The van der Waals surface area contributed by atoms with E-state index in [0.29, 0.717) is 14.9 Å². The lowest BCUT2D eigenvalue weighted by molar-refractivity contribution is 0.103. The molecule has 0 aliphatic rings. The number of amides is 1. The van der Waals surface area contributed by atoms with Gasteiger partial charge in [0.1, 0.15) is 0 Å². The number of anilines is 1. The lowest BCUT2D eigenvalue weighted by Crippen LogP contribution is -2.09.